The Balaban J connectivity index is 2.79. The van der Waals surface area contributed by atoms with Crippen molar-refractivity contribution in [2.24, 2.45) is 5.92 Å². The molecule has 0 unspecified atom stereocenters. The van der Waals surface area contributed by atoms with Crippen molar-refractivity contribution in [3.05, 3.63) is 21.9 Å². The molecule has 1 aromatic rings. The minimum atomic E-state index is -3.36. The molecule has 0 aliphatic heterocycles. The number of nitrogens with one attached hydrogen (secondary N) is 1. The number of rotatable bonds is 5. The fourth-order valence-electron chi connectivity index (χ4n) is 1.10. The maximum atomic E-state index is 11.8. The van der Waals surface area contributed by atoms with E-state index in [0.717, 1.165) is 0 Å². The van der Waals surface area contributed by atoms with Crippen molar-refractivity contribution in [3.8, 4) is 0 Å². The molecule has 1 N–H and O–H groups in total. The van der Waals surface area contributed by atoms with Gasteiger partial charge in [0.15, 0.2) is 5.15 Å². The zero-order chi connectivity index (χ0) is 13.1. The lowest BCUT2D eigenvalue weighted by Gasteiger charge is -2.10. The van der Waals surface area contributed by atoms with Crippen LogP contribution in [0.4, 0.5) is 5.69 Å². The summed E-state index contributed by atoms with van der Waals surface area (Å²) in [4.78, 5) is 3.85. The lowest BCUT2D eigenvalue weighted by Crippen LogP contribution is -2.18. The highest BCUT2D eigenvalue weighted by molar-refractivity contribution is 9.10. The van der Waals surface area contributed by atoms with E-state index in [0.29, 0.717) is 22.5 Å². The zero-order valence-electron chi connectivity index (χ0n) is 9.57. The number of halogens is 2. The van der Waals surface area contributed by atoms with E-state index >= 15 is 0 Å². The lowest BCUT2D eigenvalue weighted by molar-refractivity contribution is 0.578. The van der Waals surface area contributed by atoms with Crippen molar-refractivity contribution in [3.63, 3.8) is 0 Å². The van der Waals surface area contributed by atoms with E-state index in [4.69, 9.17) is 11.6 Å². The number of hydrogen-bond acceptors (Lipinski definition) is 3. The number of aromatic nitrogens is 1. The molecule has 0 atom stereocenters. The van der Waals surface area contributed by atoms with E-state index in [1.165, 1.54) is 6.20 Å². The molecule has 0 saturated carbocycles. The summed E-state index contributed by atoms with van der Waals surface area (Å²) in [5, 5.41) is 0.140. The van der Waals surface area contributed by atoms with Gasteiger partial charge in [-0.3, -0.25) is 4.72 Å². The number of anilines is 1. The first-order chi connectivity index (χ1) is 7.80. The highest BCUT2D eigenvalue weighted by Gasteiger charge is 2.14. The van der Waals surface area contributed by atoms with Gasteiger partial charge in [0.25, 0.3) is 0 Å². The number of sulfonamides is 1. The maximum absolute atomic E-state index is 11.8. The Morgan fingerprint density at radius 2 is 2.18 bits per heavy atom. The molecular formula is C10H14BrClN2O2S. The van der Waals surface area contributed by atoms with Gasteiger partial charge in [0.05, 0.1) is 11.4 Å². The average Bonchev–Trinajstić information content (AvgIpc) is 2.20. The molecule has 0 fully saturated rings. The molecule has 0 bridgehead atoms. The highest BCUT2D eigenvalue weighted by atomic mass is 79.9. The monoisotopic (exact) mass is 340 g/mol. The van der Waals surface area contributed by atoms with Crippen LogP contribution in [0.5, 0.6) is 0 Å². The van der Waals surface area contributed by atoms with Crippen molar-refractivity contribution in [1.82, 2.24) is 4.98 Å². The molecule has 0 radical (unpaired) electrons. The molecule has 0 spiro atoms. The molecule has 96 valence electrons. The standard InChI is InChI=1S/C10H14BrClN2O2S/c1-7(2)3-4-17(15,16)14-9-5-8(11)6-13-10(9)12/h5-7,14H,3-4H2,1-2H3. The third-order valence-electron chi connectivity index (χ3n) is 2.04. The summed E-state index contributed by atoms with van der Waals surface area (Å²) in [7, 11) is -3.36. The second kappa shape index (κ2) is 6.02. The van der Waals surface area contributed by atoms with Crippen LogP contribution in [-0.4, -0.2) is 19.2 Å². The van der Waals surface area contributed by atoms with Crippen molar-refractivity contribution < 1.29 is 8.42 Å². The summed E-state index contributed by atoms with van der Waals surface area (Å²) in [6.45, 7) is 3.95. The van der Waals surface area contributed by atoms with Crippen LogP contribution in [0.1, 0.15) is 20.3 Å². The molecule has 17 heavy (non-hydrogen) atoms. The number of pyridine rings is 1. The van der Waals surface area contributed by atoms with Gasteiger partial charge >= 0.3 is 0 Å². The van der Waals surface area contributed by atoms with Gasteiger partial charge in [-0.05, 0) is 34.3 Å². The molecule has 4 nitrogen and oxygen atoms in total. The van der Waals surface area contributed by atoms with E-state index in [2.05, 4.69) is 25.6 Å². The third kappa shape index (κ3) is 5.23. The normalized spacial score (nSPS) is 11.8. The fraction of sp³-hybridized carbons (Fsp3) is 0.500. The molecule has 0 saturated heterocycles. The van der Waals surface area contributed by atoms with Crippen molar-refractivity contribution in [2.45, 2.75) is 20.3 Å². The Labute approximate surface area is 115 Å². The Morgan fingerprint density at radius 1 is 1.53 bits per heavy atom. The van der Waals surface area contributed by atoms with Crippen LogP contribution >= 0.6 is 27.5 Å². The maximum Gasteiger partial charge on any atom is 0.232 e. The minimum absolute atomic E-state index is 0.0769. The molecule has 0 aliphatic rings. The van der Waals surface area contributed by atoms with E-state index < -0.39 is 10.0 Å². The van der Waals surface area contributed by atoms with E-state index in [1.807, 2.05) is 13.8 Å². The van der Waals surface area contributed by atoms with Crippen molar-refractivity contribution >= 4 is 43.2 Å². The topological polar surface area (TPSA) is 59.1 Å². The second-order valence-electron chi connectivity index (χ2n) is 4.10. The van der Waals surface area contributed by atoms with Crippen LogP contribution in [-0.2, 0) is 10.0 Å². The van der Waals surface area contributed by atoms with Gasteiger partial charge in [0.2, 0.25) is 10.0 Å². The first-order valence-corrected chi connectivity index (χ1v) is 7.94. The Morgan fingerprint density at radius 3 is 2.76 bits per heavy atom. The van der Waals surface area contributed by atoms with Gasteiger partial charge < -0.3 is 0 Å². The Bertz CT molecular complexity index is 491. The predicted molar refractivity (Wildman–Crippen MR) is 73.8 cm³/mol. The smallest absolute Gasteiger partial charge is 0.232 e. The fourth-order valence-corrected chi connectivity index (χ4v) is 3.02. The second-order valence-corrected chi connectivity index (χ2v) is 7.21. The van der Waals surface area contributed by atoms with Gasteiger partial charge in [-0.2, -0.15) is 0 Å². The molecule has 1 aromatic heterocycles. The average molecular weight is 342 g/mol. The first-order valence-electron chi connectivity index (χ1n) is 5.11. The summed E-state index contributed by atoms with van der Waals surface area (Å²) in [5.74, 6) is 0.413. The molecule has 1 heterocycles. The van der Waals surface area contributed by atoms with Gasteiger partial charge in [0, 0.05) is 10.7 Å². The molecule has 0 aliphatic carbocycles. The van der Waals surface area contributed by atoms with E-state index in [-0.39, 0.29) is 10.9 Å². The molecule has 0 amide bonds. The predicted octanol–water partition coefficient (Wildman–Crippen LogP) is 3.29. The molecular weight excluding hydrogens is 328 g/mol. The van der Waals surface area contributed by atoms with E-state index in [9.17, 15) is 8.42 Å². The summed E-state index contributed by atoms with van der Waals surface area (Å²) in [6.07, 6.45) is 2.11. The molecule has 7 heteroatoms. The van der Waals surface area contributed by atoms with Crippen molar-refractivity contribution in [1.29, 1.82) is 0 Å². The van der Waals surface area contributed by atoms with Gasteiger partial charge in [0.1, 0.15) is 0 Å². The first kappa shape index (κ1) is 14.7. The summed E-state index contributed by atoms with van der Waals surface area (Å²) in [5.41, 5.74) is 0.296. The summed E-state index contributed by atoms with van der Waals surface area (Å²) < 4.78 is 26.6. The Kier molecular flexibility index (Phi) is 5.22. The lowest BCUT2D eigenvalue weighted by atomic mass is 10.2. The van der Waals surface area contributed by atoms with Crippen LogP contribution in [0.3, 0.4) is 0 Å². The largest absolute Gasteiger partial charge is 0.280 e. The Hall–Kier alpha value is -0.330. The quantitative estimate of drug-likeness (QED) is 0.836. The van der Waals surface area contributed by atoms with Crippen LogP contribution in [0.25, 0.3) is 0 Å². The molecule has 1 rings (SSSR count). The van der Waals surface area contributed by atoms with Crippen LogP contribution < -0.4 is 4.72 Å². The summed E-state index contributed by atoms with van der Waals surface area (Å²) >= 11 is 9.02. The van der Waals surface area contributed by atoms with Crippen molar-refractivity contribution in [2.75, 3.05) is 10.5 Å². The van der Waals surface area contributed by atoms with Gasteiger partial charge in [-0.1, -0.05) is 25.4 Å². The minimum Gasteiger partial charge on any atom is -0.280 e. The SMILES string of the molecule is CC(C)CCS(=O)(=O)Nc1cc(Br)cnc1Cl. The third-order valence-corrected chi connectivity index (χ3v) is 4.07. The zero-order valence-corrected chi connectivity index (χ0v) is 12.7. The number of nitrogens with zero attached hydrogens (tertiary/aromatic N) is 1. The van der Waals surface area contributed by atoms with Gasteiger partial charge in [-0.25, -0.2) is 13.4 Å². The summed E-state index contributed by atoms with van der Waals surface area (Å²) in [6, 6.07) is 1.59. The molecule has 0 aromatic carbocycles. The van der Waals surface area contributed by atoms with Gasteiger partial charge in [-0.15, -0.1) is 0 Å². The van der Waals surface area contributed by atoms with Crippen LogP contribution in [0.2, 0.25) is 5.15 Å². The van der Waals surface area contributed by atoms with Crippen LogP contribution in [0, 0.1) is 5.92 Å². The number of hydrogen-bond donors (Lipinski definition) is 1. The highest BCUT2D eigenvalue weighted by Crippen LogP contribution is 2.24. The van der Waals surface area contributed by atoms with Crippen LogP contribution in [0.15, 0.2) is 16.7 Å². The van der Waals surface area contributed by atoms with E-state index in [1.54, 1.807) is 6.07 Å².